The number of allylic oxidation sites excluding steroid dienone is 1. The van der Waals surface area contributed by atoms with Gasteiger partial charge in [0.15, 0.2) is 5.78 Å². The van der Waals surface area contributed by atoms with Crippen molar-refractivity contribution >= 4 is 44.5 Å². The number of methoxy groups -OCH3 is 1. The molecule has 0 bridgehead atoms. The zero-order valence-electron chi connectivity index (χ0n) is 13.9. The van der Waals surface area contributed by atoms with Gasteiger partial charge in [0.1, 0.15) is 5.75 Å². The van der Waals surface area contributed by atoms with Gasteiger partial charge in [0.05, 0.1) is 7.11 Å². The Labute approximate surface area is 165 Å². The highest BCUT2D eigenvalue weighted by Gasteiger charge is 2.31. The molecule has 26 heavy (non-hydrogen) atoms. The zero-order chi connectivity index (χ0) is 18.3. The van der Waals surface area contributed by atoms with E-state index in [1.165, 1.54) is 0 Å². The van der Waals surface area contributed by atoms with Crippen molar-refractivity contribution in [3.63, 3.8) is 0 Å². The lowest BCUT2D eigenvalue weighted by Crippen LogP contribution is -1.98. The fourth-order valence-electron chi connectivity index (χ4n) is 3.25. The van der Waals surface area contributed by atoms with E-state index in [1.807, 2.05) is 66.7 Å². The van der Waals surface area contributed by atoms with Gasteiger partial charge in [0.25, 0.3) is 0 Å². The molecule has 0 aliphatic heterocycles. The van der Waals surface area contributed by atoms with E-state index in [0.717, 1.165) is 32.5 Å². The first-order chi connectivity index (χ1) is 12.6. The highest BCUT2D eigenvalue weighted by molar-refractivity contribution is 9.10. The van der Waals surface area contributed by atoms with Gasteiger partial charge in [-0.2, -0.15) is 0 Å². The Bertz CT molecular complexity index is 1030. The summed E-state index contributed by atoms with van der Waals surface area (Å²) in [5.41, 5.74) is 5.09. The van der Waals surface area contributed by atoms with Crippen LogP contribution in [0.15, 0.2) is 71.2 Å². The zero-order valence-corrected chi connectivity index (χ0v) is 16.3. The number of Topliss-reactive ketones (excluding diaryl/α,β-unsaturated/α-hetero) is 1. The molecule has 2 nitrogen and oxygen atoms in total. The molecule has 128 valence electrons. The second kappa shape index (κ2) is 6.75. The minimum absolute atomic E-state index is 0.0302. The number of ketones is 1. The maximum Gasteiger partial charge on any atom is 0.194 e. The molecule has 0 heterocycles. The first-order valence-corrected chi connectivity index (χ1v) is 9.25. The van der Waals surface area contributed by atoms with Crippen LogP contribution < -0.4 is 4.74 Å². The summed E-state index contributed by atoms with van der Waals surface area (Å²) in [5, 5.41) is 0.666. The number of fused-ring (bicyclic) bond motifs is 1. The molecule has 0 radical (unpaired) electrons. The van der Waals surface area contributed by atoms with Crippen molar-refractivity contribution in [1.29, 1.82) is 0 Å². The number of carbonyl (C=O) groups excluding carboxylic acids is 1. The number of ether oxygens (including phenoxy) is 1. The van der Waals surface area contributed by atoms with Gasteiger partial charge in [0.2, 0.25) is 0 Å². The number of rotatable bonds is 3. The van der Waals surface area contributed by atoms with E-state index >= 15 is 0 Å². The van der Waals surface area contributed by atoms with Gasteiger partial charge in [-0.3, -0.25) is 4.79 Å². The smallest absolute Gasteiger partial charge is 0.194 e. The number of carbonyl (C=O) groups is 1. The van der Waals surface area contributed by atoms with E-state index < -0.39 is 0 Å². The second-order valence-corrected chi connectivity index (χ2v) is 7.36. The lowest BCUT2D eigenvalue weighted by atomic mass is 9.94. The summed E-state index contributed by atoms with van der Waals surface area (Å²) < 4.78 is 6.18. The molecule has 0 saturated carbocycles. The summed E-state index contributed by atoms with van der Waals surface area (Å²) in [6, 6.07) is 20.9. The minimum atomic E-state index is 0.0302. The molecule has 0 spiro atoms. The number of hydrogen-bond acceptors (Lipinski definition) is 2. The fraction of sp³-hybridized carbons (Fsp3) is 0.0455. The maximum absolute atomic E-state index is 13.2. The van der Waals surface area contributed by atoms with Crippen molar-refractivity contribution in [2.45, 2.75) is 0 Å². The van der Waals surface area contributed by atoms with E-state index in [1.54, 1.807) is 7.11 Å². The van der Waals surface area contributed by atoms with Crippen molar-refractivity contribution in [3.8, 4) is 5.75 Å². The third kappa shape index (κ3) is 2.87. The molecule has 1 aliphatic rings. The number of halogens is 2. The molecule has 1 aliphatic carbocycles. The Hall–Kier alpha value is -2.36. The van der Waals surface area contributed by atoms with Crippen molar-refractivity contribution in [2.75, 3.05) is 7.11 Å². The Balaban J connectivity index is 1.98. The lowest BCUT2D eigenvalue weighted by Gasteiger charge is -2.10. The van der Waals surface area contributed by atoms with E-state index in [0.29, 0.717) is 16.2 Å². The maximum atomic E-state index is 13.2. The molecule has 0 unspecified atom stereocenters. The van der Waals surface area contributed by atoms with Crippen molar-refractivity contribution < 1.29 is 9.53 Å². The van der Waals surface area contributed by atoms with Gasteiger partial charge in [-0.1, -0.05) is 51.8 Å². The number of benzene rings is 3. The van der Waals surface area contributed by atoms with Crippen LogP contribution >= 0.6 is 27.5 Å². The van der Waals surface area contributed by atoms with Gasteiger partial charge in [-0.15, -0.1) is 0 Å². The highest BCUT2D eigenvalue weighted by Crippen LogP contribution is 2.43. The summed E-state index contributed by atoms with van der Waals surface area (Å²) in [6.45, 7) is 0. The third-order valence-electron chi connectivity index (χ3n) is 4.48. The SMILES string of the molecule is COc1ccc(C2=C(c3ccc(Cl)cc3)c3cc(Br)ccc3C2=O)cc1. The molecule has 0 amide bonds. The highest BCUT2D eigenvalue weighted by atomic mass is 79.9. The normalized spacial score (nSPS) is 13.1. The average Bonchev–Trinajstić information content (AvgIpc) is 2.94. The number of hydrogen-bond donors (Lipinski definition) is 0. The molecule has 4 rings (SSSR count). The predicted octanol–water partition coefficient (Wildman–Crippen LogP) is 6.27. The van der Waals surface area contributed by atoms with Gasteiger partial charge < -0.3 is 4.74 Å². The Morgan fingerprint density at radius 3 is 2.08 bits per heavy atom. The molecular formula is C22H14BrClO2. The molecule has 0 saturated heterocycles. The second-order valence-electron chi connectivity index (χ2n) is 6.00. The summed E-state index contributed by atoms with van der Waals surface area (Å²) in [7, 11) is 1.63. The molecular weight excluding hydrogens is 412 g/mol. The van der Waals surface area contributed by atoms with Gasteiger partial charge in [-0.05, 0) is 59.2 Å². The van der Waals surface area contributed by atoms with Crippen LogP contribution in [-0.4, -0.2) is 12.9 Å². The lowest BCUT2D eigenvalue weighted by molar-refractivity contribution is 0.105. The molecule has 0 N–H and O–H groups in total. The molecule has 4 heteroatoms. The fourth-order valence-corrected chi connectivity index (χ4v) is 3.74. The van der Waals surface area contributed by atoms with Gasteiger partial charge in [-0.25, -0.2) is 0 Å². The molecule has 0 aromatic heterocycles. The van der Waals surface area contributed by atoms with E-state index in [4.69, 9.17) is 16.3 Å². The van der Waals surface area contributed by atoms with Gasteiger partial charge >= 0.3 is 0 Å². The average molecular weight is 426 g/mol. The van der Waals surface area contributed by atoms with Gasteiger partial charge in [0, 0.05) is 26.2 Å². The van der Waals surface area contributed by atoms with Crippen LogP contribution in [0.25, 0.3) is 11.1 Å². The molecule has 3 aromatic rings. The summed E-state index contributed by atoms with van der Waals surface area (Å²) in [6.07, 6.45) is 0. The molecule has 0 fully saturated rings. The molecule has 3 aromatic carbocycles. The summed E-state index contributed by atoms with van der Waals surface area (Å²) in [4.78, 5) is 13.2. The Morgan fingerprint density at radius 1 is 0.808 bits per heavy atom. The van der Waals surface area contributed by atoms with Crippen molar-refractivity contribution in [1.82, 2.24) is 0 Å². The summed E-state index contributed by atoms with van der Waals surface area (Å²) >= 11 is 9.57. The van der Waals surface area contributed by atoms with Crippen LogP contribution in [0.4, 0.5) is 0 Å². The van der Waals surface area contributed by atoms with Crippen molar-refractivity contribution in [2.24, 2.45) is 0 Å². The Kier molecular flexibility index (Phi) is 4.43. The largest absolute Gasteiger partial charge is 0.497 e. The van der Waals surface area contributed by atoms with Crippen molar-refractivity contribution in [3.05, 3.63) is 98.5 Å². The van der Waals surface area contributed by atoms with E-state index in [9.17, 15) is 4.79 Å². The van der Waals surface area contributed by atoms with Crippen LogP contribution in [0.3, 0.4) is 0 Å². The Morgan fingerprint density at radius 2 is 1.42 bits per heavy atom. The molecule has 0 atom stereocenters. The quantitative estimate of drug-likeness (QED) is 0.494. The minimum Gasteiger partial charge on any atom is -0.497 e. The van der Waals surface area contributed by atoms with Crippen LogP contribution in [-0.2, 0) is 0 Å². The van der Waals surface area contributed by atoms with E-state index in [-0.39, 0.29) is 5.78 Å². The standard InChI is InChI=1S/C22H14BrClO2/c1-26-17-9-4-14(5-10-17)21-20(13-2-7-16(24)8-3-13)19-12-15(23)6-11-18(19)22(21)25/h2-12H,1H3. The topological polar surface area (TPSA) is 26.3 Å². The van der Waals surface area contributed by atoms with E-state index in [2.05, 4.69) is 15.9 Å². The van der Waals surface area contributed by atoms with Crippen LogP contribution in [0.2, 0.25) is 5.02 Å². The third-order valence-corrected chi connectivity index (χ3v) is 5.23. The van der Waals surface area contributed by atoms with Crippen LogP contribution in [0.5, 0.6) is 5.75 Å². The van der Waals surface area contributed by atoms with Crippen LogP contribution in [0.1, 0.15) is 27.0 Å². The predicted molar refractivity (Wildman–Crippen MR) is 109 cm³/mol. The first-order valence-electron chi connectivity index (χ1n) is 8.08. The summed E-state index contributed by atoms with van der Waals surface area (Å²) in [5.74, 6) is 0.788. The van der Waals surface area contributed by atoms with Crippen LogP contribution in [0, 0.1) is 0 Å². The monoisotopic (exact) mass is 424 g/mol. The first kappa shape index (κ1) is 17.1.